The van der Waals surface area contributed by atoms with Crippen LogP contribution in [-0.4, -0.2) is 59.5 Å². The van der Waals surface area contributed by atoms with E-state index in [1.165, 1.54) is 21.3 Å². The molecule has 4 rings (SSSR count). The molecule has 1 aliphatic rings. The van der Waals surface area contributed by atoms with Gasteiger partial charge in [0.1, 0.15) is 12.4 Å². The number of carbonyl (C=O) groups excluding carboxylic acids is 1. The van der Waals surface area contributed by atoms with Crippen molar-refractivity contribution in [2.24, 2.45) is 0 Å². The van der Waals surface area contributed by atoms with Crippen molar-refractivity contribution < 1.29 is 33.2 Å². The molecule has 3 aromatic carbocycles. The number of aryl methyl sites for hydroxylation is 2. The minimum Gasteiger partial charge on any atom is -0.493 e. The highest BCUT2D eigenvalue weighted by Gasteiger charge is 2.34. The number of amides is 1. The molecule has 1 heterocycles. The number of hydrogen-bond donors (Lipinski definition) is 0. The summed E-state index contributed by atoms with van der Waals surface area (Å²) in [6.45, 7) is 4.83. The van der Waals surface area contributed by atoms with Gasteiger partial charge in [-0.05, 0) is 78.9 Å². The molecule has 3 aromatic rings. The van der Waals surface area contributed by atoms with E-state index in [2.05, 4.69) is 6.07 Å². The van der Waals surface area contributed by atoms with Crippen LogP contribution in [0.15, 0.2) is 42.5 Å². The van der Waals surface area contributed by atoms with Crippen LogP contribution in [0, 0.1) is 13.8 Å². The van der Waals surface area contributed by atoms with Gasteiger partial charge in [-0.2, -0.15) is 0 Å². The predicted molar refractivity (Wildman–Crippen MR) is 145 cm³/mol. The summed E-state index contributed by atoms with van der Waals surface area (Å²) in [7, 11) is 7.82. The maximum absolute atomic E-state index is 14.0. The molecule has 0 radical (unpaired) electrons. The molecular formula is C30H35NO7. The lowest BCUT2D eigenvalue weighted by Crippen LogP contribution is -2.42. The molecule has 202 valence electrons. The van der Waals surface area contributed by atoms with Crippen molar-refractivity contribution in [3.8, 4) is 34.5 Å². The number of fused-ring (bicyclic) bond motifs is 1. The first-order chi connectivity index (χ1) is 18.3. The van der Waals surface area contributed by atoms with E-state index in [4.69, 9.17) is 28.4 Å². The standard InChI is InChI=1S/C30H35NO7/c1-18-10-19(2)12-22(11-18)38-17-24-23-16-26(34-4)25(33-3)13-20(23)8-9-31(24)30(32)21-14-27(35-5)29(37-7)28(15-21)36-6/h10-16,24H,8-9,17H2,1-7H3. The molecule has 0 aliphatic carbocycles. The third-order valence-corrected chi connectivity index (χ3v) is 6.78. The molecule has 0 saturated carbocycles. The first-order valence-electron chi connectivity index (χ1n) is 12.4. The SMILES string of the molecule is COc1cc2c(cc1OC)C(COc1cc(C)cc(C)c1)N(C(=O)c1cc(OC)c(OC)c(OC)c1)CC2. The summed E-state index contributed by atoms with van der Waals surface area (Å²) in [5.41, 5.74) is 4.70. The van der Waals surface area contributed by atoms with Crippen molar-refractivity contribution in [2.45, 2.75) is 26.3 Å². The number of benzene rings is 3. The van der Waals surface area contributed by atoms with Gasteiger partial charge in [-0.15, -0.1) is 0 Å². The summed E-state index contributed by atoms with van der Waals surface area (Å²) in [5.74, 6) is 3.12. The Morgan fingerprint density at radius 2 is 1.34 bits per heavy atom. The van der Waals surface area contributed by atoms with E-state index in [0.29, 0.717) is 47.3 Å². The van der Waals surface area contributed by atoms with Gasteiger partial charge in [0.25, 0.3) is 5.91 Å². The normalized spacial score (nSPS) is 14.4. The number of nitrogens with zero attached hydrogens (tertiary/aromatic N) is 1. The van der Waals surface area contributed by atoms with Crippen LogP contribution < -0.4 is 28.4 Å². The molecule has 8 heteroatoms. The molecule has 0 bridgehead atoms. The van der Waals surface area contributed by atoms with E-state index in [1.54, 1.807) is 26.4 Å². The highest BCUT2D eigenvalue weighted by Crippen LogP contribution is 2.41. The summed E-state index contributed by atoms with van der Waals surface area (Å²) < 4.78 is 33.9. The van der Waals surface area contributed by atoms with E-state index in [9.17, 15) is 4.79 Å². The molecule has 1 atom stereocenters. The van der Waals surface area contributed by atoms with Gasteiger partial charge in [-0.1, -0.05) is 6.07 Å². The first kappa shape index (κ1) is 27.0. The van der Waals surface area contributed by atoms with Crippen LogP contribution in [0.4, 0.5) is 0 Å². The lowest BCUT2D eigenvalue weighted by atomic mass is 9.91. The van der Waals surface area contributed by atoms with Gasteiger partial charge >= 0.3 is 0 Å². The topological polar surface area (TPSA) is 75.7 Å². The zero-order valence-electron chi connectivity index (χ0n) is 23.0. The minimum absolute atomic E-state index is 0.168. The van der Waals surface area contributed by atoms with Gasteiger partial charge in [0.2, 0.25) is 5.75 Å². The Balaban J connectivity index is 1.76. The van der Waals surface area contributed by atoms with Gasteiger partial charge in [-0.3, -0.25) is 4.79 Å². The zero-order valence-corrected chi connectivity index (χ0v) is 23.0. The van der Waals surface area contributed by atoms with Gasteiger partial charge in [0.15, 0.2) is 23.0 Å². The molecule has 0 N–H and O–H groups in total. The Morgan fingerprint density at radius 3 is 1.89 bits per heavy atom. The Morgan fingerprint density at radius 1 is 0.763 bits per heavy atom. The third-order valence-electron chi connectivity index (χ3n) is 6.78. The smallest absolute Gasteiger partial charge is 0.254 e. The quantitative estimate of drug-likeness (QED) is 0.385. The lowest BCUT2D eigenvalue weighted by Gasteiger charge is -2.38. The molecule has 1 aliphatic heterocycles. The maximum atomic E-state index is 14.0. The average Bonchev–Trinajstić information content (AvgIpc) is 2.93. The third kappa shape index (κ3) is 5.30. The van der Waals surface area contributed by atoms with Crippen LogP contribution in [0.25, 0.3) is 0 Å². The summed E-state index contributed by atoms with van der Waals surface area (Å²) >= 11 is 0. The van der Waals surface area contributed by atoms with Crippen LogP contribution in [0.5, 0.6) is 34.5 Å². The van der Waals surface area contributed by atoms with Gasteiger partial charge in [0, 0.05) is 12.1 Å². The summed E-state index contributed by atoms with van der Waals surface area (Å²) in [6, 6.07) is 13.0. The van der Waals surface area contributed by atoms with E-state index in [-0.39, 0.29) is 18.6 Å². The van der Waals surface area contributed by atoms with Crippen molar-refractivity contribution >= 4 is 5.91 Å². The monoisotopic (exact) mass is 521 g/mol. The van der Waals surface area contributed by atoms with Crippen LogP contribution >= 0.6 is 0 Å². The van der Waals surface area contributed by atoms with Gasteiger partial charge < -0.3 is 33.3 Å². The number of ether oxygens (including phenoxy) is 6. The second-order valence-corrected chi connectivity index (χ2v) is 9.22. The highest BCUT2D eigenvalue weighted by atomic mass is 16.5. The maximum Gasteiger partial charge on any atom is 0.254 e. The summed E-state index contributed by atoms with van der Waals surface area (Å²) in [4.78, 5) is 15.8. The van der Waals surface area contributed by atoms with Crippen molar-refractivity contribution in [3.63, 3.8) is 0 Å². The van der Waals surface area contributed by atoms with Crippen LogP contribution in [-0.2, 0) is 6.42 Å². The first-order valence-corrected chi connectivity index (χ1v) is 12.4. The van der Waals surface area contributed by atoms with Crippen molar-refractivity contribution in [1.82, 2.24) is 4.90 Å². The minimum atomic E-state index is -0.369. The molecule has 38 heavy (non-hydrogen) atoms. The van der Waals surface area contributed by atoms with Crippen LogP contribution in [0.2, 0.25) is 0 Å². The Bertz CT molecular complexity index is 1270. The molecule has 1 unspecified atom stereocenters. The molecule has 1 amide bonds. The zero-order chi connectivity index (χ0) is 27.4. The van der Waals surface area contributed by atoms with Crippen molar-refractivity contribution in [2.75, 3.05) is 48.7 Å². The molecule has 8 nitrogen and oxygen atoms in total. The molecule has 0 fully saturated rings. The fraction of sp³-hybridized carbons (Fsp3) is 0.367. The van der Waals surface area contributed by atoms with E-state index in [0.717, 1.165) is 28.0 Å². The second kappa shape index (κ2) is 11.5. The largest absolute Gasteiger partial charge is 0.493 e. The number of carbonyl (C=O) groups is 1. The van der Waals surface area contributed by atoms with E-state index in [1.807, 2.05) is 43.0 Å². The summed E-state index contributed by atoms with van der Waals surface area (Å²) in [6.07, 6.45) is 0.659. The molecular weight excluding hydrogens is 486 g/mol. The average molecular weight is 522 g/mol. The molecule has 0 saturated heterocycles. The van der Waals surface area contributed by atoms with E-state index >= 15 is 0 Å². The molecule has 0 spiro atoms. The van der Waals surface area contributed by atoms with Crippen molar-refractivity contribution in [1.29, 1.82) is 0 Å². The van der Waals surface area contributed by atoms with Gasteiger partial charge in [0.05, 0.1) is 41.6 Å². The summed E-state index contributed by atoms with van der Waals surface area (Å²) in [5, 5.41) is 0. The van der Waals surface area contributed by atoms with Crippen molar-refractivity contribution in [3.05, 3.63) is 70.3 Å². The number of hydrogen-bond acceptors (Lipinski definition) is 7. The van der Waals surface area contributed by atoms with E-state index < -0.39 is 0 Å². The second-order valence-electron chi connectivity index (χ2n) is 9.22. The number of methoxy groups -OCH3 is 5. The van der Waals surface area contributed by atoms with Crippen LogP contribution in [0.1, 0.15) is 38.7 Å². The lowest BCUT2D eigenvalue weighted by molar-refractivity contribution is 0.0588. The number of rotatable bonds is 9. The Kier molecular flexibility index (Phi) is 8.20. The fourth-order valence-electron chi connectivity index (χ4n) is 5.01. The Labute approximate surface area is 224 Å². The fourth-order valence-corrected chi connectivity index (χ4v) is 5.01. The predicted octanol–water partition coefficient (Wildman–Crippen LogP) is 5.17. The highest BCUT2D eigenvalue weighted by molar-refractivity contribution is 5.96. The van der Waals surface area contributed by atoms with Gasteiger partial charge in [-0.25, -0.2) is 0 Å². The Hall–Kier alpha value is -4.07. The molecule has 0 aromatic heterocycles. The van der Waals surface area contributed by atoms with Crippen LogP contribution in [0.3, 0.4) is 0 Å².